The molecule has 2 atom stereocenters. The quantitative estimate of drug-likeness (QED) is 0.234. The number of hydrogen-bond acceptors (Lipinski definition) is 8. The molecule has 0 spiro atoms. The summed E-state index contributed by atoms with van der Waals surface area (Å²) in [6, 6.07) is 6.85. The average molecular weight is 533 g/mol. The zero-order valence-corrected chi connectivity index (χ0v) is 23.2. The highest BCUT2D eigenvalue weighted by Gasteiger charge is 2.31. The minimum absolute atomic E-state index is 0.198. The summed E-state index contributed by atoms with van der Waals surface area (Å²) in [7, 11) is 6.29. The van der Waals surface area contributed by atoms with Crippen LogP contribution in [0.5, 0.6) is 28.7 Å². The Balaban J connectivity index is 1.90. The maximum Gasteiger partial charge on any atom is 0.345 e. The van der Waals surface area contributed by atoms with E-state index in [1.54, 1.807) is 28.4 Å². The first kappa shape index (κ1) is 29.2. The van der Waals surface area contributed by atoms with Gasteiger partial charge in [0.2, 0.25) is 5.75 Å². The third kappa shape index (κ3) is 6.73. The van der Waals surface area contributed by atoms with E-state index in [-0.39, 0.29) is 18.8 Å². The van der Waals surface area contributed by atoms with Gasteiger partial charge < -0.3 is 33.7 Å². The molecule has 210 valence electrons. The lowest BCUT2D eigenvalue weighted by atomic mass is 10.0. The van der Waals surface area contributed by atoms with Crippen LogP contribution >= 0.6 is 0 Å². The lowest BCUT2D eigenvalue weighted by Gasteiger charge is -2.22. The minimum Gasteiger partial charge on any atom is -0.493 e. The number of amides is 2. The van der Waals surface area contributed by atoms with Crippen LogP contribution in [-0.4, -0.2) is 57.9 Å². The summed E-state index contributed by atoms with van der Waals surface area (Å²) in [6.45, 7) is 4.66. The minimum atomic E-state index is -0.637. The van der Waals surface area contributed by atoms with Crippen molar-refractivity contribution in [2.45, 2.75) is 58.2 Å². The number of benzene rings is 2. The van der Waals surface area contributed by atoms with Gasteiger partial charge in [0.1, 0.15) is 0 Å². The number of rotatable bonds is 13. The van der Waals surface area contributed by atoms with E-state index < -0.39 is 6.03 Å². The molecule has 1 heterocycles. The van der Waals surface area contributed by atoms with Gasteiger partial charge in [0.05, 0.1) is 59.5 Å². The summed E-state index contributed by atoms with van der Waals surface area (Å²) < 4.78 is 34.5. The van der Waals surface area contributed by atoms with Crippen LogP contribution in [0, 0.1) is 0 Å². The SMILES string of the molecule is CCCCN(O)C(=O)Nc1cc([C@H]2CC[C@H](c3cc(OC)c(OC)c(OC)c3)O2)cc(OC)c1OCCC. The largest absolute Gasteiger partial charge is 0.493 e. The number of ether oxygens (including phenoxy) is 6. The number of carbonyl (C=O) groups excluding carboxylic acids is 1. The fourth-order valence-electron chi connectivity index (χ4n) is 4.41. The molecule has 38 heavy (non-hydrogen) atoms. The van der Waals surface area contributed by atoms with Crippen molar-refractivity contribution in [3.63, 3.8) is 0 Å². The van der Waals surface area contributed by atoms with Crippen molar-refractivity contribution in [1.29, 1.82) is 0 Å². The molecule has 1 aliphatic rings. The molecule has 0 unspecified atom stereocenters. The van der Waals surface area contributed by atoms with Gasteiger partial charge in [-0.25, -0.2) is 9.86 Å². The Morgan fingerprint density at radius 3 is 1.95 bits per heavy atom. The van der Waals surface area contributed by atoms with E-state index in [9.17, 15) is 10.0 Å². The Morgan fingerprint density at radius 1 is 0.895 bits per heavy atom. The van der Waals surface area contributed by atoms with Crippen molar-refractivity contribution >= 4 is 11.7 Å². The third-order valence-corrected chi connectivity index (χ3v) is 6.40. The van der Waals surface area contributed by atoms with Gasteiger partial charge in [-0.2, -0.15) is 0 Å². The summed E-state index contributed by atoms with van der Waals surface area (Å²) >= 11 is 0. The number of anilines is 1. The number of nitrogens with one attached hydrogen (secondary N) is 1. The Hall–Kier alpha value is -3.37. The molecule has 0 aromatic heterocycles. The van der Waals surface area contributed by atoms with Crippen LogP contribution in [0.1, 0.15) is 69.3 Å². The summed E-state index contributed by atoms with van der Waals surface area (Å²) in [5, 5.41) is 13.6. The molecule has 10 nitrogen and oxygen atoms in total. The van der Waals surface area contributed by atoms with Gasteiger partial charge >= 0.3 is 6.03 Å². The standard InChI is InChI=1S/C28H40N2O8/c1-7-9-12-30(32)28(31)29-20-14-18(15-23(33-3)26(20)37-13-8-2)21-10-11-22(38-21)19-16-24(34-4)27(36-6)25(17-19)35-5/h14-17,21-22,32H,7-13H2,1-6H3,(H,29,31)/t21-,22-/m1/s1. The van der Waals surface area contributed by atoms with Gasteiger partial charge in [0, 0.05) is 0 Å². The predicted octanol–water partition coefficient (Wildman–Crippen LogP) is 6.13. The number of hydroxylamine groups is 2. The zero-order chi connectivity index (χ0) is 27.7. The first-order valence-electron chi connectivity index (χ1n) is 13.0. The smallest absolute Gasteiger partial charge is 0.345 e. The van der Waals surface area contributed by atoms with Gasteiger partial charge in [0.15, 0.2) is 23.0 Å². The molecule has 2 aromatic carbocycles. The van der Waals surface area contributed by atoms with Crippen LogP contribution in [0.15, 0.2) is 24.3 Å². The fourth-order valence-corrected chi connectivity index (χ4v) is 4.41. The van der Waals surface area contributed by atoms with Crippen LogP contribution in [0.25, 0.3) is 0 Å². The molecule has 1 fully saturated rings. The summed E-state index contributed by atoms with van der Waals surface area (Å²) in [6.07, 6.45) is 3.38. The summed E-state index contributed by atoms with van der Waals surface area (Å²) in [4.78, 5) is 12.7. The topological polar surface area (TPSA) is 108 Å². The van der Waals surface area contributed by atoms with E-state index in [0.717, 1.165) is 36.8 Å². The van der Waals surface area contributed by atoms with Gasteiger partial charge in [-0.05, 0) is 61.1 Å². The highest BCUT2D eigenvalue weighted by molar-refractivity contribution is 5.91. The average Bonchev–Trinajstić information content (AvgIpc) is 3.44. The van der Waals surface area contributed by atoms with E-state index in [1.165, 1.54) is 0 Å². The van der Waals surface area contributed by atoms with Gasteiger partial charge in [0.25, 0.3) is 0 Å². The number of carbonyl (C=O) groups is 1. The third-order valence-electron chi connectivity index (χ3n) is 6.40. The monoisotopic (exact) mass is 532 g/mol. The molecule has 0 aliphatic carbocycles. The number of urea groups is 1. The first-order valence-corrected chi connectivity index (χ1v) is 13.0. The molecule has 3 rings (SSSR count). The summed E-state index contributed by atoms with van der Waals surface area (Å²) in [5.74, 6) is 2.54. The molecule has 0 saturated carbocycles. The molecule has 1 saturated heterocycles. The van der Waals surface area contributed by atoms with Crippen LogP contribution in [-0.2, 0) is 4.74 Å². The van der Waals surface area contributed by atoms with E-state index in [1.807, 2.05) is 38.1 Å². The van der Waals surface area contributed by atoms with Crippen LogP contribution in [0.2, 0.25) is 0 Å². The molecule has 2 aromatic rings. The molecule has 2 N–H and O–H groups in total. The second-order valence-corrected chi connectivity index (χ2v) is 9.00. The number of nitrogens with zero attached hydrogens (tertiary/aromatic N) is 1. The Morgan fingerprint density at radius 2 is 1.45 bits per heavy atom. The Bertz CT molecular complexity index is 1050. The summed E-state index contributed by atoms with van der Waals surface area (Å²) in [5.41, 5.74) is 2.15. The Labute approximate surface area is 224 Å². The number of hydrogen-bond donors (Lipinski definition) is 2. The highest BCUT2D eigenvalue weighted by atomic mass is 16.5. The highest BCUT2D eigenvalue weighted by Crippen LogP contribution is 2.48. The van der Waals surface area contributed by atoms with E-state index in [0.29, 0.717) is 52.5 Å². The van der Waals surface area contributed by atoms with Crippen LogP contribution in [0.4, 0.5) is 10.5 Å². The molecule has 10 heteroatoms. The molecular weight excluding hydrogens is 492 g/mol. The predicted molar refractivity (Wildman–Crippen MR) is 143 cm³/mol. The number of unbranched alkanes of at least 4 members (excludes halogenated alkanes) is 1. The second-order valence-electron chi connectivity index (χ2n) is 9.00. The van der Waals surface area contributed by atoms with Gasteiger partial charge in [-0.1, -0.05) is 20.3 Å². The van der Waals surface area contributed by atoms with Crippen molar-refractivity contribution in [3.8, 4) is 28.7 Å². The van der Waals surface area contributed by atoms with E-state index >= 15 is 0 Å². The normalized spacial score (nSPS) is 16.6. The molecule has 0 radical (unpaired) electrons. The molecule has 1 aliphatic heterocycles. The van der Waals surface area contributed by atoms with Crippen molar-refractivity contribution in [2.24, 2.45) is 0 Å². The van der Waals surface area contributed by atoms with E-state index in [4.69, 9.17) is 28.4 Å². The number of methoxy groups -OCH3 is 4. The lowest BCUT2D eigenvalue weighted by Crippen LogP contribution is -2.33. The van der Waals surface area contributed by atoms with E-state index in [2.05, 4.69) is 5.32 Å². The maximum atomic E-state index is 12.7. The maximum absolute atomic E-state index is 12.7. The van der Waals surface area contributed by atoms with Crippen molar-refractivity contribution in [1.82, 2.24) is 5.06 Å². The second kappa shape index (κ2) is 14.0. The van der Waals surface area contributed by atoms with Crippen molar-refractivity contribution in [3.05, 3.63) is 35.4 Å². The zero-order valence-electron chi connectivity index (χ0n) is 23.2. The van der Waals surface area contributed by atoms with Gasteiger partial charge in [-0.3, -0.25) is 5.21 Å². The Kier molecular flexibility index (Phi) is 10.7. The van der Waals surface area contributed by atoms with Gasteiger partial charge in [-0.15, -0.1) is 0 Å². The molecule has 0 bridgehead atoms. The first-order chi connectivity index (χ1) is 18.4. The molecular formula is C28H40N2O8. The van der Waals surface area contributed by atoms with Crippen LogP contribution in [0.3, 0.4) is 0 Å². The van der Waals surface area contributed by atoms with Crippen LogP contribution < -0.4 is 29.0 Å². The van der Waals surface area contributed by atoms with Crippen molar-refractivity contribution < 1.29 is 38.4 Å². The van der Waals surface area contributed by atoms with Crippen molar-refractivity contribution in [2.75, 3.05) is 46.9 Å². The lowest BCUT2D eigenvalue weighted by molar-refractivity contribution is -0.0379. The molecule has 2 amide bonds. The fraction of sp³-hybridized carbons (Fsp3) is 0.536.